The van der Waals surface area contributed by atoms with Crippen LogP contribution in [-0.2, 0) is 9.59 Å². The summed E-state index contributed by atoms with van der Waals surface area (Å²) < 4.78 is 1.06. The second-order valence-electron chi connectivity index (χ2n) is 6.51. The highest BCUT2D eigenvalue weighted by Gasteiger charge is 2.09. The van der Waals surface area contributed by atoms with Crippen LogP contribution in [-0.4, -0.2) is 22.6 Å². The average Bonchev–Trinajstić information content (AvgIpc) is 3.06. The number of amides is 2. The average molecular weight is 414 g/mol. The number of hydrogen-bond acceptors (Lipinski definition) is 5. The van der Waals surface area contributed by atoms with Crippen molar-refractivity contribution in [3.05, 3.63) is 48.0 Å². The van der Waals surface area contributed by atoms with Crippen LogP contribution in [0.1, 0.15) is 31.7 Å². The number of thiazole rings is 1. The Morgan fingerprint density at radius 1 is 1.11 bits per heavy atom. The van der Waals surface area contributed by atoms with Gasteiger partial charge in [-0.1, -0.05) is 36.8 Å². The molecule has 1 heterocycles. The molecule has 3 rings (SSSR count). The summed E-state index contributed by atoms with van der Waals surface area (Å²) in [4.78, 5) is 29.5. The van der Waals surface area contributed by atoms with E-state index in [0.29, 0.717) is 11.6 Å². The van der Waals surface area contributed by atoms with E-state index in [-0.39, 0.29) is 17.6 Å². The molecule has 0 atom stereocenters. The normalized spacial score (nSPS) is 10.8. The second kappa shape index (κ2) is 9.71. The number of hydrogen-bond donors (Lipinski definition) is 2. The second-order valence-corrected chi connectivity index (χ2v) is 8.59. The third-order valence-corrected chi connectivity index (χ3v) is 5.96. The Hall–Kier alpha value is -2.38. The molecule has 0 saturated carbocycles. The van der Waals surface area contributed by atoms with Crippen molar-refractivity contribution in [2.45, 2.75) is 38.0 Å². The van der Waals surface area contributed by atoms with E-state index >= 15 is 0 Å². The van der Waals surface area contributed by atoms with Crippen molar-refractivity contribution >= 4 is 55.9 Å². The Bertz CT molecular complexity index is 985. The van der Waals surface area contributed by atoms with Crippen LogP contribution in [0, 0.1) is 6.92 Å². The largest absolute Gasteiger partial charge is 0.326 e. The van der Waals surface area contributed by atoms with E-state index < -0.39 is 0 Å². The first-order valence-corrected chi connectivity index (χ1v) is 11.0. The third-order valence-electron chi connectivity index (χ3n) is 4.04. The maximum absolute atomic E-state index is 12.3. The Labute approximate surface area is 172 Å². The number of aryl methyl sites for hydroxylation is 1. The highest BCUT2D eigenvalue weighted by molar-refractivity contribution is 8.00. The molecular weight excluding hydrogens is 390 g/mol. The number of unbranched alkanes of at least 4 members (excludes halogenated alkanes) is 1. The molecule has 0 radical (unpaired) electrons. The smallest absolute Gasteiger partial charge is 0.236 e. The zero-order valence-corrected chi connectivity index (χ0v) is 17.6. The molecule has 0 bridgehead atoms. The van der Waals surface area contributed by atoms with Gasteiger partial charge in [-0.2, -0.15) is 0 Å². The fourth-order valence-corrected chi connectivity index (χ4v) is 4.35. The summed E-state index contributed by atoms with van der Waals surface area (Å²) in [6.45, 7) is 4.10. The fourth-order valence-electron chi connectivity index (χ4n) is 2.61. The molecule has 28 heavy (non-hydrogen) atoms. The number of thioether (sulfide) groups is 1. The quantitative estimate of drug-likeness (QED) is 0.481. The van der Waals surface area contributed by atoms with Gasteiger partial charge in [-0.25, -0.2) is 4.98 Å². The molecule has 0 aliphatic heterocycles. The Morgan fingerprint density at radius 2 is 1.96 bits per heavy atom. The number of nitrogens with one attached hydrogen (secondary N) is 2. The van der Waals surface area contributed by atoms with Gasteiger partial charge in [0.1, 0.15) is 0 Å². The number of anilines is 2. The van der Waals surface area contributed by atoms with Gasteiger partial charge in [-0.05, 0) is 49.2 Å². The zero-order valence-electron chi connectivity index (χ0n) is 16.0. The standard InChI is InChI=1S/C21H23N3O2S2/c1-3-4-8-19(25)22-15-6-5-7-16(12-15)27-13-20(26)24-21-23-17-10-9-14(2)11-18(17)28-21/h5-7,9-12H,3-4,8,13H2,1-2H3,(H,22,25)(H,23,24,26). The highest BCUT2D eigenvalue weighted by atomic mass is 32.2. The van der Waals surface area contributed by atoms with Crippen molar-refractivity contribution in [3.63, 3.8) is 0 Å². The summed E-state index contributed by atoms with van der Waals surface area (Å²) in [6.07, 6.45) is 2.40. The lowest BCUT2D eigenvalue weighted by Gasteiger charge is -2.07. The molecule has 0 spiro atoms. The highest BCUT2D eigenvalue weighted by Crippen LogP contribution is 2.27. The Morgan fingerprint density at radius 3 is 2.79 bits per heavy atom. The molecule has 3 aromatic rings. The van der Waals surface area contributed by atoms with Gasteiger partial charge in [0.15, 0.2) is 5.13 Å². The molecule has 0 saturated heterocycles. The van der Waals surface area contributed by atoms with Crippen molar-refractivity contribution in [1.82, 2.24) is 4.98 Å². The van der Waals surface area contributed by atoms with Gasteiger partial charge in [0.25, 0.3) is 0 Å². The minimum Gasteiger partial charge on any atom is -0.326 e. The summed E-state index contributed by atoms with van der Waals surface area (Å²) in [7, 11) is 0. The van der Waals surface area contributed by atoms with Crippen molar-refractivity contribution in [2.24, 2.45) is 0 Å². The van der Waals surface area contributed by atoms with Gasteiger partial charge < -0.3 is 10.6 Å². The lowest BCUT2D eigenvalue weighted by Crippen LogP contribution is -2.13. The van der Waals surface area contributed by atoms with E-state index in [1.54, 1.807) is 0 Å². The van der Waals surface area contributed by atoms with Gasteiger partial charge in [0.05, 0.1) is 16.0 Å². The number of rotatable bonds is 8. The first-order valence-electron chi connectivity index (χ1n) is 9.23. The van der Waals surface area contributed by atoms with E-state index in [1.165, 1.54) is 28.7 Å². The topological polar surface area (TPSA) is 71.1 Å². The molecule has 0 fully saturated rings. The van der Waals surface area contributed by atoms with Crippen molar-refractivity contribution in [3.8, 4) is 0 Å². The number of fused-ring (bicyclic) bond motifs is 1. The van der Waals surface area contributed by atoms with E-state index in [0.717, 1.165) is 33.6 Å². The van der Waals surface area contributed by atoms with Crippen molar-refractivity contribution < 1.29 is 9.59 Å². The summed E-state index contributed by atoms with van der Waals surface area (Å²) in [6, 6.07) is 13.6. The first-order chi connectivity index (χ1) is 13.5. The first kappa shape index (κ1) is 20.4. The predicted octanol–water partition coefficient (Wildman–Crippen LogP) is 5.46. The lowest BCUT2D eigenvalue weighted by molar-refractivity contribution is -0.116. The molecule has 5 nitrogen and oxygen atoms in total. The molecule has 0 aliphatic rings. The summed E-state index contributed by atoms with van der Waals surface area (Å²) in [5, 5.41) is 6.39. The summed E-state index contributed by atoms with van der Waals surface area (Å²) in [5.41, 5.74) is 2.82. The van der Waals surface area contributed by atoms with Crippen LogP contribution < -0.4 is 10.6 Å². The van der Waals surface area contributed by atoms with E-state index in [9.17, 15) is 9.59 Å². The van der Waals surface area contributed by atoms with Gasteiger partial charge in [0, 0.05) is 17.0 Å². The monoisotopic (exact) mass is 413 g/mol. The predicted molar refractivity (Wildman–Crippen MR) is 118 cm³/mol. The van der Waals surface area contributed by atoms with Crippen LogP contribution in [0.25, 0.3) is 10.2 Å². The van der Waals surface area contributed by atoms with E-state index in [1.807, 2.05) is 43.3 Å². The summed E-state index contributed by atoms with van der Waals surface area (Å²) in [5.74, 6) is 0.202. The van der Waals surface area contributed by atoms with Crippen LogP contribution in [0.5, 0.6) is 0 Å². The maximum atomic E-state index is 12.3. The Kier molecular flexibility index (Phi) is 7.06. The number of aromatic nitrogens is 1. The third kappa shape index (κ3) is 5.81. The number of nitrogens with zero attached hydrogens (tertiary/aromatic N) is 1. The molecule has 0 aliphatic carbocycles. The van der Waals surface area contributed by atoms with Crippen molar-refractivity contribution in [1.29, 1.82) is 0 Å². The zero-order chi connectivity index (χ0) is 19.9. The molecule has 2 amide bonds. The number of benzene rings is 2. The Balaban J connectivity index is 1.53. The van der Waals surface area contributed by atoms with Crippen LogP contribution in [0.3, 0.4) is 0 Å². The van der Waals surface area contributed by atoms with Gasteiger partial charge in [0.2, 0.25) is 11.8 Å². The SMILES string of the molecule is CCCCC(=O)Nc1cccc(SCC(=O)Nc2nc3ccc(C)cc3s2)c1. The van der Waals surface area contributed by atoms with Gasteiger partial charge in [-0.15, -0.1) is 11.8 Å². The van der Waals surface area contributed by atoms with Crippen LogP contribution in [0.4, 0.5) is 10.8 Å². The molecule has 2 aromatic carbocycles. The van der Waals surface area contributed by atoms with E-state index in [4.69, 9.17) is 0 Å². The lowest BCUT2D eigenvalue weighted by atomic mass is 10.2. The summed E-state index contributed by atoms with van der Waals surface area (Å²) >= 11 is 2.91. The van der Waals surface area contributed by atoms with Gasteiger partial charge in [-0.3, -0.25) is 9.59 Å². The minimum atomic E-state index is -0.0989. The molecule has 7 heteroatoms. The minimum absolute atomic E-state index is 0.0211. The van der Waals surface area contributed by atoms with Crippen LogP contribution in [0.15, 0.2) is 47.4 Å². The molecular formula is C21H23N3O2S2. The van der Waals surface area contributed by atoms with Crippen molar-refractivity contribution in [2.75, 3.05) is 16.4 Å². The van der Waals surface area contributed by atoms with Gasteiger partial charge >= 0.3 is 0 Å². The molecule has 146 valence electrons. The fraction of sp³-hybridized carbons (Fsp3) is 0.286. The number of carbonyl (C=O) groups excluding carboxylic acids is 2. The molecule has 0 unspecified atom stereocenters. The maximum Gasteiger partial charge on any atom is 0.236 e. The van der Waals surface area contributed by atoms with Crippen LogP contribution in [0.2, 0.25) is 0 Å². The van der Waals surface area contributed by atoms with Crippen LogP contribution >= 0.6 is 23.1 Å². The molecule has 1 aromatic heterocycles. The number of carbonyl (C=O) groups is 2. The molecule has 2 N–H and O–H groups in total. The van der Waals surface area contributed by atoms with E-state index in [2.05, 4.69) is 28.6 Å².